The monoisotopic (exact) mass is 402 g/mol. The van der Waals surface area contributed by atoms with E-state index in [1.54, 1.807) is 26.0 Å². The fourth-order valence-corrected chi connectivity index (χ4v) is 1.99. The third kappa shape index (κ3) is 5.03. The Morgan fingerprint density at radius 2 is 1.93 bits per heavy atom. The van der Waals surface area contributed by atoms with E-state index >= 15 is 0 Å². The number of nitrogens with zero attached hydrogens (tertiary/aromatic N) is 3. The number of ether oxygens (including phenoxy) is 1. The second-order valence-electron chi connectivity index (χ2n) is 5.93. The molecule has 1 aliphatic rings. The Hall–Kier alpha value is -3.02. The van der Waals surface area contributed by atoms with Crippen molar-refractivity contribution in [1.29, 1.82) is 0 Å². The number of halogens is 3. The summed E-state index contributed by atoms with van der Waals surface area (Å²) in [5.74, 6) is -2.33. The number of esters is 1. The molecule has 1 aliphatic carbocycles. The predicted molar refractivity (Wildman–Crippen MR) is 87.0 cm³/mol. The fourth-order valence-electron chi connectivity index (χ4n) is 1.99. The van der Waals surface area contributed by atoms with Gasteiger partial charge in [-0.25, -0.2) is 14.6 Å². The zero-order chi connectivity index (χ0) is 21.1. The number of carboxylic acid groups (broad SMARTS) is 1. The van der Waals surface area contributed by atoms with Crippen molar-refractivity contribution in [2.24, 2.45) is 5.73 Å². The molecular weight excluding hydrogens is 385 g/mol. The average Bonchev–Trinajstić information content (AvgIpc) is 3.16. The van der Waals surface area contributed by atoms with Crippen molar-refractivity contribution < 1.29 is 37.1 Å². The van der Waals surface area contributed by atoms with Crippen LogP contribution >= 0.6 is 0 Å². The van der Waals surface area contributed by atoms with Crippen LogP contribution in [-0.2, 0) is 15.1 Å². The van der Waals surface area contributed by atoms with Gasteiger partial charge in [0, 0.05) is 0 Å². The molecule has 2 aromatic heterocycles. The number of pyridine rings is 1. The molecule has 3 N–H and O–H groups in total. The number of carbonyl (C=O) groups is 2. The maximum Gasteiger partial charge on any atom is 0.490 e. The highest BCUT2D eigenvalue weighted by Crippen LogP contribution is 2.41. The first-order chi connectivity index (χ1) is 13.0. The molecule has 1 fully saturated rings. The Morgan fingerprint density at radius 3 is 2.39 bits per heavy atom. The van der Waals surface area contributed by atoms with Crippen LogP contribution in [0.4, 0.5) is 13.2 Å². The molecule has 12 heteroatoms. The summed E-state index contributed by atoms with van der Waals surface area (Å²) >= 11 is 0. The SMILES string of the molecule is CCOC(=O)c1ccc(-c2nc(C3(N)CC3)no2)nc1C.O=C(O)C(F)(F)F. The standard InChI is InChI=1S/C14H16N4O3.C2HF3O2/c1-3-20-12(19)9-4-5-10(16-8(9)2)11-17-13(18-21-11)14(15)6-7-14;3-2(4,5)1(6)7/h4-5H,3,6-7,15H2,1-2H3;(H,6,7). The first-order valence-corrected chi connectivity index (χ1v) is 8.06. The fraction of sp³-hybridized carbons (Fsp3) is 0.438. The van der Waals surface area contributed by atoms with Crippen molar-refractivity contribution in [2.45, 2.75) is 38.4 Å². The van der Waals surface area contributed by atoms with Gasteiger partial charge in [-0.05, 0) is 38.8 Å². The second kappa shape index (κ2) is 7.92. The van der Waals surface area contributed by atoms with Gasteiger partial charge in [-0.1, -0.05) is 5.16 Å². The quantitative estimate of drug-likeness (QED) is 0.736. The van der Waals surface area contributed by atoms with E-state index in [9.17, 15) is 18.0 Å². The molecule has 0 amide bonds. The van der Waals surface area contributed by atoms with Crippen LogP contribution in [0.25, 0.3) is 11.6 Å². The minimum atomic E-state index is -5.08. The van der Waals surface area contributed by atoms with Crippen molar-refractivity contribution in [2.75, 3.05) is 6.61 Å². The van der Waals surface area contributed by atoms with E-state index in [0.717, 1.165) is 12.8 Å². The van der Waals surface area contributed by atoms with Gasteiger partial charge in [-0.15, -0.1) is 0 Å². The average molecular weight is 402 g/mol. The molecule has 0 aromatic carbocycles. The Labute approximate surface area is 156 Å². The molecule has 0 aliphatic heterocycles. The highest BCUT2D eigenvalue weighted by molar-refractivity contribution is 5.90. The molecule has 0 spiro atoms. The first kappa shape index (κ1) is 21.3. The number of carbonyl (C=O) groups excluding carboxylic acids is 1. The van der Waals surface area contributed by atoms with Gasteiger partial charge in [0.1, 0.15) is 5.69 Å². The lowest BCUT2D eigenvalue weighted by Gasteiger charge is -2.05. The van der Waals surface area contributed by atoms with Gasteiger partial charge in [0.25, 0.3) is 5.89 Å². The van der Waals surface area contributed by atoms with E-state index in [0.29, 0.717) is 35.3 Å². The number of aromatic nitrogens is 3. The van der Waals surface area contributed by atoms with Crippen LogP contribution in [0.15, 0.2) is 16.7 Å². The van der Waals surface area contributed by atoms with Gasteiger partial charge in [-0.3, -0.25) is 0 Å². The zero-order valence-corrected chi connectivity index (χ0v) is 14.9. The van der Waals surface area contributed by atoms with Gasteiger partial charge in [-0.2, -0.15) is 18.2 Å². The van der Waals surface area contributed by atoms with Crippen molar-refractivity contribution in [3.63, 3.8) is 0 Å². The second-order valence-corrected chi connectivity index (χ2v) is 5.93. The van der Waals surface area contributed by atoms with Crippen LogP contribution < -0.4 is 5.73 Å². The normalized spacial score (nSPS) is 14.6. The molecule has 9 nitrogen and oxygen atoms in total. The lowest BCUT2D eigenvalue weighted by Crippen LogP contribution is -2.21. The minimum Gasteiger partial charge on any atom is -0.475 e. The predicted octanol–water partition coefficient (Wildman–Crippen LogP) is 2.20. The van der Waals surface area contributed by atoms with Crippen molar-refractivity contribution >= 4 is 11.9 Å². The van der Waals surface area contributed by atoms with Crippen LogP contribution in [0.1, 0.15) is 41.6 Å². The lowest BCUT2D eigenvalue weighted by molar-refractivity contribution is -0.192. The molecule has 0 unspecified atom stereocenters. The topological polar surface area (TPSA) is 141 Å². The Balaban J connectivity index is 0.000000345. The number of aliphatic carboxylic acids is 1. The zero-order valence-electron chi connectivity index (χ0n) is 14.9. The van der Waals surface area contributed by atoms with Gasteiger partial charge < -0.3 is 20.1 Å². The number of carboxylic acids is 1. The third-order valence-corrected chi connectivity index (χ3v) is 3.70. The van der Waals surface area contributed by atoms with Crippen LogP contribution in [0.2, 0.25) is 0 Å². The Morgan fingerprint density at radius 1 is 1.32 bits per heavy atom. The molecule has 0 atom stereocenters. The van der Waals surface area contributed by atoms with E-state index in [1.165, 1.54) is 0 Å². The van der Waals surface area contributed by atoms with Crippen LogP contribution in [0, 0.1) is 6.92 Å². The summed E-state index contributed by atoms with van der Waals surface area (Å²) < 4.78 is 41.9. The number of rotatable bonds is 4. The molecule has 152 valence electrons. The van der Waals surface area contributed by atoms with Gasteiger partial charge in [0.05, 0.1) is 23.4 Å². The van der Waals surface area contributed by atoms with E-state index in [4.69, 9.17) is 24.9 Å². The number of hydrogen-bond acceptors (Lipinski definition) is 8. The van der Waals surface area contributed by atoms with Gasteiger partial charge in [0.15, 0.2) is 5.82 Å². The summed E-state index contributed by atoms with van der Waals surface area (Å²) in [5.41, 5.74) is 7.08. The number of aryl methyl sites for hydroxylation is 1. The third-order valence-electron chi connectivity index (χ3n) is 3.70. The number of nitrogens with two attached hydrogens (primary N) is 1. The molecular formula is C16H17F3N4O5. The van der Waals surface area contributed by atoms with E-state index in [-0.39, 0.29) is 5.97 Å². The summed E-state index contributed by atoms with van der Waals surface area (Å²) in [5, 5.41) is 11.0. The summed E-state index contributed by atoms with van der Waals surface area (Å²) in [7, 11) is 0. The Bertz CT molecular complexity index is 877. The molecule has 1 saturated carbocycles. The van der Waals surface area contributed by atoms with E-state index in [2.05, 4.69) is 15.1 Å². The van der Waals surface area contributed by atoms with Crippen molar-refractivity contribution in [3.8, 4) is 11.6 Å². The van der Waals surface area contributed by atoms with Crippen molar-refractivity contribution in [1.82, 2.24) is 15.1 Å². The number of alkyl halides is 3. The summed E-state index contributed by atoms with van der Waals surface area (Å²) in [4.78, 5) is 29.2. The summed E-state index contributed by atoms with van der Waals surface area (Å²) in [6, 6.07) is 3.31. The van der Waals surface area contributed by atoms with Crippen molar-refractivity contribution in [3.05, 3.63) is 29.2 Å². The molecule has 2 aromatic rings. The van der Waals surface area contributed by atoms with E-state index < -0.39 is 17.7 Å². The maximum absolute atomic E-state index is 11.7. The van der Waals surface area contributed by atoms with Gasteiger partial charge in [0.2, 0.25) is 0 Å². The van der Waals surface area contributed by atoms with Crippen LogP contribution in [0.5, 0.6) is 0 Å². The highest BCUT2D eigenvalue weighted by Gasteiger charge is 2.44. The largest absolute Gasteiger partial charge is 0.490 e. The lowest BCUT2D eigenvalue weighted by atomic mass is 10.2. The van der Waals surface area contributed by atoms with E-state index in [1.807, 2.05) is 0 Å². The van der Waals surface area contributed by atoms with Crippen LogP contribution in [-0.4, -0.2) is 45.0 Å². The molecule has 2 heterocycles. The Kier molecular flexibility index (Phi) is 6.02. The number of hydrogen-bond donors (Lipinski definition) is 2. The summed E-state index contributed by atoms with van der Waals surface area (Å²) in [6.45, 7) is 3.82. The molecule has 0 bridgehead atoms. The minimum absolute atomic E-state index is 0.306. The molecule has 3 rings (SSSR count). The molecule has 28 heavy (non-hydrogen) atoms. The van der Waals surface area contributed by atoms with Gasteiger partial charge >= 0.3 is 18.1 Å². The first-order valence-electron chi connectivity index (χ1n) is 8.06. The van der Waals surface area contributed by atoms with Crippen LogP contribution in [0.3, 0.4) is 0 Å². The molecule has 0 radical (unpaired) electrons. The highest BCUT2D eigenvalue weighted by atomic mass is 19.4. The summed E-state index contributed by atoms with van der Waals surface area (Å²) in [6.07, 6.45) is -3.36. The maximum atomic E-state index is 11.7. The molecule has 0 saturated heterocycles. The smallest absolute Gasteiger partial charge is 0.475 e.